The van der Waals surface area contributed by atoms with E-state index in [1.165, 1.54) is 17.5 Å². The number of furan rings is 1. The Bertz CT molecular complexity index is 905. The summed E-state index contributed by atoms with van der Waals surface area (Å²) >= 11 is 0. The number of benzene rings is 1. The highest BCUT2D eigenvalue weighted by molar-refractivity contribution is 5.96. The second-order valence-electron chi connectivity index (χ2n) is 6.08. The lowest BCUT2D eigenvalue weighted by Crippen LogP contribution is -2.15. The third kappa shape index (κ3) is 2.73. The van der Waals surface area contributed by atoms with Gasteiger partial charge in [0.2, 0.25) is 5.78 Å². The topological polar surface area (TPSA) is 72.3 Å². The fourth-order valence-corrected chi connectivity index (χ4v) is 3.22. The van der Waals surface area contributed by atoms with Crippen molar-refractivity contribution < 1.29 is 18.7 Å². The number of rotatable bonds is 5. The van der Waals surface area contributed by atoms with E-state index in [-0.39, 0.29) is 18.8 Å². The molecule has 1 aromatic carbocycles. The van der Waals surface area contributed by atoms with E-state index in [9.17, 15) is 9.59 Å². The lowest BCUT2D eigenvalue weighted by atomic mass is 10.0. The Morgan fingerprint density at radius 3 is 2.83 bits per heavy atom. The molecule has 0 aliphatic heterocycles. The number of aryl methyl sites for hydroxylation is 2. The van der Waals surface area contributed by atoms with E-state index < -0.39 is 5.97 Å². The molecule has 0 radical (unpaired) electrons. The molecule has 5 heteroatoms. The second-order valence-corrected chi connectivity index (χ2v) is 6.08. The number of ketones is 1. The molecule has 24 heavy (non-hydrogen) atoms. The van der Waals surface area contributed by atoms with Crippen LogP contribution in [-0.2, 0) is 28.8 Å². The number of aromatic nitrogens is 1. The zero-order valence-electron chi connectivity index (χ0n) is 13.1. The molecule has 0 spiro atoms. The molecule has 0 bridgehead atoms. The Labute approximate surface area is 138 Å². The number of aromatic amines is 1. The molecule has 4 rings (SSSR count). The Balaban J connectivity index is 1.44. The second kappa shape index (κ2) is 6.00. The Morgan fingerprint density at radius 1 is 1.21 bits per heavy atom. The molecule has 2 aromatic heterocycles. The molecule has 0 atom stereocenters. The molecule has 0 amide bonds. The van der Waals surface area contributed by atoms with Crippen LogP contribution < -0.4 is 0 Å². The third-order valence-corrected chi connectivity index (χ3v) is 4.47. The molecule has 0 fully saturated rings. The van der Waals surface area contributed by atoms with Crippen molar-refractivity contribution in [1.29, 1.82) is 0 Å². The van der Waals surface area contributed by atoms with Crippen molar-refractivity contribution in [3.8, 4) is 0 Å². The largest absolute Gasteiger partial charge is 0.464 e. The molecule has 0 saturated carbocycles. The number of hydrogen-bond acceptors (Lipinski definition) is 4. The molecule has 0 saturated heterocycles. The van der Waals surface area contributed by atoms with E-state index in [1.54, 1.807) is 24.6 Å². The molecule has 2 heterocycles. The van der Waals surface area contributed by atoms with Gasteiger partial charge in [0.1, 0.15) is 5.58 Å². The van der Waals surface area contributed by atoms with Gasteiger partial charge in [0, 0.05) is 17.1 Å². The quantitative estimate of drug-likeness (QED) is 0.578. The predicted molar refractivity (Wildman–Crippen MR) is 88.0 cm³/mol. The summed E-state index contributed by atoms with van der Waals surface area (Å²) in [6, 6.07) is 7.57. The lowest BCUT2D eigenvalue weighted by molar-refractivity contribution is -0.141. The van der Waals surface area contributed by atoms with Gasteiger partial charge in [-0.25, -0.2) is 0 Å². The first-order chi connectivity index (χ1) is 11.7. The first-order valence-electron chi connectivity index (χ1n) is 8.05. The zero-order chi connectivity index (χ0) is 16.5. The van der Waals surface area contributed by atoms with Gasteiger partial charge < -0.3 is 14.1 Å². The summed E-state index contributed by atoms with van der Waals surface area (Å²) in [6.07, 6.45) is 6.69. The van der Waals surface area contributed by atoms with Gasteiger partial charge >= 0.3 is 5.97 Å². The van der Waals surface area contributed by atoms with Crippen molar-refractivity contribution in [2.24, 2.45) is 0 Å². The zero-order valence-corrected chi connectivity index (χ0v) is 13.1. The Kier molecular flexibility index (Phi) is 3.69. The summed E-state index contributed by atoms with van der Waals surface area (Å²) in [4.78, 5) is 26.7. The highest BCUT2D eigenvalue weighted by Crippen LogP contribution is 2.30. The maximum Gasteiger partial charge on any atom is 0.310 e. The van der Waals surface area contributed by atoms with Gasteiger partial charge in [0.25, 0.3) is 0 Å². The summed E-state index contributed by atoms with van der Waals surface area (Å²) in [6.45, 7) is -0.259. The molecular formula is C19H17NO4. The minimum Gasteiger partial charge on any atom is -0.464 e. The summed E-state index contributed by atoms with van der Waals surface area (Å²) in [5, 5.41) is 0.961. The Hall–Kier alpha value is -2.82. The van der Waals surface area contributed by atoms with Gasteiger partial charge in [0.05, 0.1) is 18.4 Å². The van der Waals surface area contributed by atoms with Gasteiger partial charge in [-0.2, -0.15) is 0 Å². The number of nitrogens with one attached hydrogen (secondary N) is 1. The van der Waals surface area contributed by atoms with E-state index >= 15 is 0 Å². The van der Waals surface area contributed by atoms with Gasteiger partial charge in [-0.15, -0.1) is 0 Å². The highest BCUT2D eigenvalue weighted by Gasteiger charge is 2.18. The molecule has 5 nitrogen and oxygen atoms in total. The molecule has 0 unspecified atom stereocenters. The lowest BCUT2D eigenvalue weighted by Gasteiger charge is -2.03. The predicted octanol–water partition coefficient (Wildman–Crippen LogP) is 3.22. The first-order valence-corrected chi connectivity index (χ1v) is 8.05. The molecule has 3 aromatic rings. The number of ether oxygens (including phenoxy) is 1. The number of fused-ring (bicyclic) bond motifs is 2. The van der Waals surface area contributed by atoms with Crippen molar-refractivity contribution >= 4 is 22.7 Å². The van der Waals surface area contributed by atoms with Crippen LogP contribution in [-0.4, -0.2) is 23.3 Å². The number of carbonyl (C=O) groups excluding carboxylic acids is 2. The summed E-state index contributed by atoms with van der Waals surface area (Å²) in [5.74, 6) is -0.679. The SMILES string of the molecule is O=C(Cc1coc2cc3c(cc12)CCC3)OCC(=O)c1ccc[nH]1. The van der Waals surface area contributed by atoms with Gasteiger partial charge in [0.15, 0.2) is 6.61 Å². The average molecular weight is 323 g/mol. The van der Waals surface area contributed by atoms with Crippen LogP contribution in [0.5, 0.6) is 0 Å². The maximum absolute atomic E-state index is 12.0. The molecule has 1 N–H and O–H groups in total. The normalized spacial score (nSPS) is 13.2. The monoisotopic (exact) mass is 323 g/mol. The highest BCUT2D eigenvalue weighted by atomic mass is 16.5. The minimum absolute atomic E-state index is 0.101. The van der Waals surface area contributed by atoms with E-state index in [1.807, 2.05) is 0 Å². The van der Waals surface area contributed by atoms with Crippen molar-refractivity contribution in [1.82, 2.24) is 4.98 Å². The van der Waals surface area contributed by atoms with Crippen molar-refractivity contribution in [3.63, 3.8) is 0 Å². The molecule has 1 aliphatic carbocycles. The van der Waals surface area contributed by atoms with E-state index in [2.05, 4.69) is 17.1 Å². The summed E-state index contributed by atoms with van der Waals surface area (Å²) in [5.41, 5.74) is 4.72. The maximum atomic E-state index is 12.0. The number of H-pyrrole nitrogens is 1. The minimum atomic E-state index is -0.432. The van der Waals surface area contributed by atoms with Crippen LogP contribution in [0.2, 0.25) is 0 Å². The van der Waals surface area contributed by atoms with Gasteiger partial charge in [-0.1, -0.05) is 0 Å². The number of hydrogen-bond donors (Lipinski definition) is 1. The number of carbonyl (C=O) groups is 2. The van der Waals surface area contributed by atoms with Crippen LogP contribution in [0.15, 0.2) is 41.1 Å². The average Bonchev–Trinajstić information content (AvgIpc) is 3.31. The number of Topliss-reactive ketones (excluding diaryl/α,β-unsaturated/α-hetero) is 1. The van der Waals surface area contributed by atoms with Crippen molar-refractivity contribution in [2.45, 2.75) is 25.7 Å². The van der Waals surface area contributed by atoms with E-state index in [0.717, 1.165) is 29.4 Å². The van der Waals surface area contributed by atoms with Gasteiger partial charge in [-0.05, 0) is 54.7 Å². The van der Waals surface area contributed by atoms with E-state index in [0.29, 0.717) is 5.69 Å². The number of esters is 1. The van der Waals surface area contributed by atoms with Crippen molar-refractivity contribution in [2.75, 3.05) is 6.61 Å². The van der Waals surface area contributed by atoms with Crippen LogP contribution in [0.3, 0.4) is 0 Å². The van der Waals surface area contributed by atoms with Crippen LogP contribution in [0.1, 0.15) is 33.6 Å². The fraction of sp³-hybridized carbons (Fsp3) is 0.263. The summed E-state index contributed by atoms with van der Waals surface area (Å²) < 4.78 is 10.7. The summed E-state index contributed by atoms with van der Waals surface area (Å²) in [7, 11) is 0. The first kappa shape index (κ1) is 14.8. The van der Waals surface area contributed by atoms with Crippen LogP contribution in [0.4, 0.5) is 0 Å². The van der Waals surface area contributed by atoms with Crippen LogP contribution >= 0.6 is 0 Å². The van der Waals surface area contributed by atoms with E-state index in [4.69, 9.17) is 9.15 Å². The van der Waals surface area contributed by atoms with Gasteiger partial charge in [-0.3, -0.25) is 9.59 Å². The molecule has 122 valence electrons. The van der Waals surface area contributed by atoms with Crippen LogP contribution in [0.25, 0.3) is 11.0 Å². The van der Waals surface area contributed by atoms with Crippen molar-refractivity contribution in [3.05, 3.63) is 59.1 Å². The van der Waals surface area contributed by atoms with Crippen LogP contribution in [0, 0.1) is 0 Å². The smallest absolute Gasteiger partial charge is 0.310 e. The fourth-order valence-electron chi connectivity index (χ4n) is 3.22. The standard InChI is InChI=1S/C19H17NO4/c21-17(16-5-2-6-20-16)11-24-19(22)9-14-10-23-18-8-13-4-1-3-12(13)7-15(14)18/h2,5-8,10,20H,1,3-4,9,11H2. The molecular weight excluding hydrogens is 306 g/mol. The third-order valence-electron chi connectivity index (χ3n) is 4.47. The molecule has 1 aliphatic rings. The Morgan fingerprint density at radius 2 is 2.04 bits per heavy atom.